The maximum atomic E-state index is 14.2. The molecule has 0 fully saturated rings. The smallest absolute Gasteiger partial charge is 0.225 e. The third-order valence-electron chi connectivity index (χ3n) is 3.37. The second-order valence-electron chi connectivity index (χ2n) is 5.25. The largest absolute Gasteiger partial charge is 0.245 e. The van der Waals surface area contributed by atoms with Gasteiger partial charge >= 0.3 is 0 Å². The lowest BCUT2D eigenvalue weighted by molar-refractivity contribution is 0.392. The summed E-state index contributed by atoms with van der Waals surface area (Å²) in [5.74, 6) is -1.12. The SMILES string of the molecule is CCCCN(CCCC)S(=O)(=O)c1ccc(S(N)(=O)=O)cc1F. The molecule has 0 aromatic heterocycles. The summed E-state index contributed by atoms with van der Waals surface area (Å²) >= 11 is 0. The monoisotopic (exact) mass is 366 g/mol. The molecule has 0 aliphatic carbocycles. The van der Waals surface area contributed by atoms with Gasteiger partial charge in [0.1, 0.15) is 10.7 Å². The van der Waals surface area contributed by atoms with Crippen molar-refractivity contribution < 1.29 is 21.2 Å². The Labute approximate surface area is 137 Å². The van der Waals surface area contributed by atoms with Gasteiger partial charge in [0.2, 0.25) is 20.0 Å². The van der Waals surface area contributed by atoms with Crippen LogP contribution in [0.2, 0.25) is 0 Å². The summed E-state index contributed by atoms with van der Waals surface area (Å²) in [7, 11) is -8.10. The average molecular weight is 366 g/mol. The second-order valence-corrected chi connectivity index (χ2v) is 8.72. The summed E-state index contributed by atoms with van der Waals surface area (Å²) < 4.78 is 63.1. The fourth-order valence-corrected chi connectivity index (χ4v) is 4.12. The van der Waals surface area contributed by atoms with Crippen LogP contribution in [0, 0.1) is 5.82 Å². The van der Waals surface area contributed by atoms with Gasteiger partial charge in [-0.1, -0.05) is 26.7 Å². The molecule has 0 bridgehead atoms. The van der Waals surface area contributed by atoms with Gasteiger partial charge in [0.25, 0.3) is 0 Å². The van der Waals surface area contributed by atoms with Crippen molar-refractivity contribution in [2.24, 2.45) is 5.14 Å². The molecule has 2 N–H and O–H groups in total. The van der Waals surface area contributed by atoms with Gasteiger partial charge in [0, 0.05) is 13.1 Å². The number of rotatable bonds is 9. The Balaban J connectivity index is 3.23. The predicted molar refractivity (Wildman–Crippen MR) is 86.3 cm³/mol. The summed E-state index contributed by atoms with van der Waals surface area (Å²) in [5, 5.41) is 4.92. The van der Waals surface area contributed by atoms with Gasteiger partial charge in [-0.2, -0.15) is 4.31 Å². The van der Waals surface area contributed by atoms with Crippen LogP contribution in [0.1, 0.15) is 39.5 Å². The number of primary sulfonamides is 1. The molecule has 0 aliphatic rings. The number of halogens is 1. The maximum Gasteiger partial charge on any atom is 0.245 e. The number of unbranched alkanes of at least 4 members (excludes halogenated alkanes) is 2. The van der Waals surface area contributed by atoms with Crippen molar-refractivity contribution in [1.82, 2.24) is 4.31 Å². The zero-order chi connectivity index (χ0) is 17.7. The van der Waals surface area contributed by atoms with Crippen LogP contribution in [0.4, 0.5) is 4.39 Å². The van der Waals surface area contributed by atoms with Gasteiger partial charge in [-0.15, -0.1) is 0 Å². The van der Waals surface area contributed by atoms with E-state index >= 15 is 0 Å². The van der Waals surface area contributed by atoms with E-state index in [0.29, 0.717) is 32.0 Å². The Kier molecular flexibility index (Phi) is 7.12. The molecule has 0 amide bonds. The van der Waals surface area contributed by atoms with Gasteiger partial charge in [-0.25, -0.2) is 26.4 Å². The third kappa shape index (κ3) is 5.23. The van der Waals surface area contributed by atoms with Gasteiger partial charge in [-0.05, 0) is 31.0 Å². The molecule has 1 aromatic rings. The lowest BCUT2D eigenvalue weighted by atomic mass is 10.3. The van der Waals surface area contributed by atoms with Gasteiger partial charge in [0.15, 0.2) is 0 Å². The molecule has 0 saturated carbocycles. The van der Waals surface area contributed by atoms with Gasteiger partial charge in [-0.3, -0.25) is 0 Å². The van der Waals surface area contributed by atoms with E-state index in [1.165, 1.54) is 4.31 Å². The third-order valence-corrected chi connectivity index (χ3v) is 6.21. The normalized spacial score (nSPS) is 12.7. The maximum absolute atomic E-state index is 14.2. The average Bonchev–Trinajstić information content (AvgIpc) is 2.45. The highest BCUT2D eigenvalue weighted by atomic mass is 32.2. The number of hydrogen-bond acceptors (Lipinski definition) is 4. The van der Waals surface area contributed by atoms with Crippen LogP contribution in [0.25, 0.3) is 0 Å². The standard InChI is InChI=1S/C14H23FN2O4S2/c1-3-5-9-17(10-6-4-2)23(20,21)14-8-7-12(11-13(14)15)22(16,18)19/h7-8,11H,3-6,9-10H2,1-2H3,(H2,16,18,19). The minimum Gasteiger partial charge on any atom is -0.225 e. The summed E-state index contributed by atoms with van der Waals surface area (Å²) in [5.41, 5.74) is 0. The van der Waals surface area contributed by atoms with Crippen molar-refractivity contribution in [1.29, 1.82) is 0 Å². The van der Waals surface area contributed by atoms with E-state index in [1.54, 1.807) is 0 Å². The van der Waals surface area contributed by atoms with Crippen molar-refractivity contribution in [3.05, 3.63) is 24.0 Å². The molecule has 0 saturated heterocycles. The van der Waals surface area contributed by atoms with Crippen molar-refractivity contribution in [2.45, 2.75) is 49.3 Å². The molecule has 0 aliphatic heterocycles. The van der Waals surface area contributed by atoms with E-state index in [1.807, 2.05) is 13.8 Å². The van der Waals surface area contributed by atoms with Crippen LogP contribution < -0.4 is 5.14 Å². The summed E-state index contributed by atoms with van der Waals surface area (Å²) in [6.45, 7) is 4.47. The number of nitrogens with zero attached hydrogens (tertiary/aromatic N) is 1. The van der Waals surface area contributed by atoms with Crippen LogP contribution in [-0.4, -0.2) is 34.2 Å². The molecule has 0 atom stereocenters. The lowest BCUT2D eigenvalue weighted by Crippen LogP contribution is -2.33. The molecule has 9 heteroatoms. The van der Waals surface area contributed by atoms with Crippen LogP contribution >= 0.6 is 0 Å². The summed E-state index contributed by atoms with van der Waals surface area (Å²) in [6, 6.07) is 2.60. The highest BCUT2D eigenvalue weighted by Gasteiger charge is 2.27. The topological polar surface area (TPSA) is 97.5 Å². The van der Waals surface area contributed by atoms with Crippen molar-refractivity contribution >= 4 is 20.0 Å². The quantitative estimate of drug-likeness (QED) is 0.723. The number of sulfonamides is 2. The molecule has 0 heterocycles. The van der Waals surface area contributed by atoms with E-state index in [2.05, 4.69) is 0 Å². The van der Waals surface area contributed by atoms with Gasteiger partial charge in [0.05, 0.1) is 4.90 Å². The Hall–Kier alpha value is -1.03. The first-order chi connectivity index (χ1) is 10.6. The first-order valence-electron chi connectivity index (χ1n) is 7.47. The molecule has 1 rings (SSSR count). The molecular formula is C14H23FN2O4S2. The summed E-state index contributed by atoms with van der Waals surface area (Å²) in [4.78, 5) is -0.986. The molecule has 0 spiro atoms. The van der Waals surface area contributed by atoms with E-state index < -0.39 is 35.7 Å². The number of benzene rings is 1. The Bertz CT molecular complexity index is 725. The lowest BCUT2D eigenvalue weighted by Gasteiger charge is -2.22. The Morgan fingerprint density at radius 2 is 1.57 bits per heavy atom. The molecule has 6 nitrogen and oxygen atoms in total. The summed E-state index contributed by atoms with van der Waals surface area (Å²) in [6.07, 6.45) is 2.95. The Morgan fingerprint density at radius 3 is 1.96 bits per heavy atom. The highest BCUT2D eigenvalue weighted by molar-refractivity contribution is 7.89. The minimum atomic E-state index is -4.08. The van der Waals surface area contributed by atoms with Crippen LogP contribution in [0.3, 0.4) is 0 Å². The fourth-order valence-electron chi connectivity index (χ4n) is 2.03. The van der Waals surface area contributed by atoms with Gasteiger partial charge < -0.3 is 0 Å². The highest BCUT2D eigenvalue weighted by Crippen LogP contribution is 2.22. The molecule has 23 heavy (non-hydrogen) atoms. The first kappa shape index (κ1) is 20.0. The van der Waals surface area contributed by atoms with Crippen molar-refractivity contribution in [3.63, 3.8) is 0 Å². The van der Waals surface area contributed by atoms with E-state index in [0.717, 1.165) is 25.0 Å². The van der Waals surface area contributed by atoms with Crippen LogP contribution in [-0.2, 0) is 20.0 Å². The number of nitrogens with two attached hydrogens (primary N) is 1. The van der Waals surface area contributed by atoms with E-state index in [-0.39, 0.29) is 0 Å². The molecule has 1 aromatic carbocycles. The van der Waals surface area contributed by atoms with Crippen molar-refractivity contribution in [2.75, 3.05) is 13.1 Å². The van der Waals surface area contributed by atoms with E-state index in [4.69, 9.17) is 5.14 Å². The van der Waals surface area contributed by atoms with Crippen LogP contribution in [0.5, 0.6) is 0 Å². The second kappa shape index (κ2) is 8.18. The van der Waals surface area contributed by atoms with E-state index in [9.17, 15) is 21.2 Å². The molecule has 0 unspecified atom stereocenters. The molecule has 132 valence electrons. The predicted octanol–water partition coefficient (Wildman–Crippen LogP) is 2.06. The minimum absolute atomic E-state index is 0.301. The zero-order valence-corrected chi connectivity index (χ0v) is 15.0. The molecular weight excluding hydrogens is 343 g/mol. The fraction of sp³-hybridized carbons (Fsp3) is 0.571. The van der Waals surface area contributed by atoms with Crippen LogP contribution in [0.15, 0.2) is 28.0 Å². The van der Waals surface area contributed by atoms with Crippen molar-refractivity contribution in [3.8, 4) is 0 Å². The zero-order valence-electron chi connectivity index (χ0n) is 13.3. The Morgan fingerprint density at radius 1 is 1.04 bits per heavy atom. The number of hydrogen-bond donors (Lipinski definition) is 1. The first-order valence-corrected chi connectivity index (χ1v) is 10.5. The molecule has 0 radical (unpaired) electrons.